The summed E-state index contributed by atoms with van der Waals surface area (Å²) in [5, 5.41) is 0.885. The number of halogens is 2. The number of piperidine rings is 1. The maximum Gasteiger partial charge on any atom is 0.419 e. The SMILES string of the molecule is COC(=O)c1ccc(C2CC3(CCN2Cc2c(OC)cc(C)c4c2ccn4C(=O)OC(C)(C)C)CC(F)(F)C3)c(N2CCC2)c1. The van der Waals surface area contributed by atoms with Crippen molar-refractivity contribution in [2.75, 3.05) is 38.8 Å². The number of benzene rings is 2. The number of esters is 1. The van der Waals surface area contributed by atoms with Gasteiger partial charge in [0.25, 0.3) is 0 Å². The van der Waals surface area contributed by atoms with Gasteiger partial charge in [-0.25, -0.2) is 18.4 Å². The number of nitrogens with zero attached hydrogens (tertiary/aromatic N) is 3. The Morgan fingerprint density at radius 2 is 1.78 bits per heavy atom. The van der Waals surface area contributed by atoms with Gasteiger partial charge >= 0.3 is 12.1 Å². The first kappa shape index (κ1) is 31.3. The maximum atomic E-state index is 14.3. The maximum absolute atomic E-state index is 14.3. The van der Waals surface area contributed by atoms with E-state index in [9.17, 15) is 18.4 Å². The Morgan fingerprint density at radius 1 is 1.04 bits per heavy atom. The van der Waals surface area contributed by atoms with Crippen molar-refractivity contribution in [3.8, 4) is 5.75 Å². The van der Waals surface area contributed by atoms with Crippen molar-refractivity contribution >= 4 is 28.7 Å². The van der Waals surface area contributed by atoms with E-state index in [0.717, 1.165) is 52.8 Å². The zero-order chi connectivity index (χ0) is 32.3. The predicted molar refractivity (Wildman–Crippen MR) is 168 cm³/mol. The number of aryl methyl sites for hydroxylation is 1. The highest BCUT2D eigenvalue weighted by Gasteiger charge is 2.58. The molecule has 10 heteroatoms. The summed E-state index contributed by atoms with van der Waals surface area (Å²) in [6, 6.07) is 9.36. The monoisotopic (exact) mass is 623 g/mol. The smallest absolute Gasteiger partial charge is 0.419 e. The predicted octanol–water partition coefficient (Wildman–Crippen LogP) is 7.49. The van der Waals surface area contributed by atoms with Crippen LogP contribution in [0, 0.1) is 12.3 Å². The molecule has 1 aromatic heterocycles. The number of rotatable bonds is 6. The molecular formula is C35H43F2N3O5. The molecule has 2 saturated heterocycles. The fourth-order valence-corrected chi connectivity index (χ4v) is 7.52. The van der Waals surface area contributed by atoms with Crippen LogP contribution < -0.4 is 9.64 Å². The Bertz CT molecular complexity index is 1630. The van der Waals surface area contributed by atoms with Crippen LogP contribution >= 0.6 is 0 Å². The van der Waals surface area contributed by atoms with E-state index in [-0.39, 0.29) is 18.9 Å². The Balaban J connectivity index is 1.42. The second-order valence-electron chi connectivity index (χ2n) is 14.1. The molecule has 0 radical (unpaired) electrons. The van der Waals surface area contributed by atoms with E-state index in [1.54, 1.807) is 23.9 Å². The highest BCUT2D eigenvalue weighted by molar-refractivity contribution is 5.95. The zero-order valence-corrected chi connectivity index (χ0v) is 27.0. The molecule has 1 aliphatic carbocycles. The summed E-state index contributed by atoms with van der Waals surface area (Å²) < 4.78 is 46.8. The first-order valence-corrected chi connectivity index (χ1v) is 15.7. The number of carbonyl (C=O) groups excluding carboxylic acids is 2. The van der Waals surface area contributed by atoms with Gasteiger partial charge < -0.3 is 19.1 Å². The van der Waals surface area contributed by atoms with Gasteiger partial charge in [0.2, 0.25) is 5.92 Å². The van der Waals surface area contributed by atoms with Gasteiger partial charge in [-0.05, 0) is 94.3 Å². The van der Waals surface area contributed by atoms with Crippen molar-refractivity contribution in [3.63, 3.8) is 0 Å². The first-order chi connectivity index (χ1) is 21.2. The molecule has 3 fully saturated rings. The van der Waals surface area contributed by atoms with Crippen LogP contribution in [-0.2, 0) is 16.0 Å². The molecule has 2 aromatic carbocycles. The van der Waals surface area contributed by atoms with Gasteiger partial charge in [0.15, 0.2) is 0 Å². The van der Waals surface area contributed by atoms with Crippen LogP contribution in [-0.4, -0.2) is 66.9 Å². The topological polar surface area (TPSA) is 73.2 Å². The molecule has 45 heavy (non-hydrogen) atoms. The minimum Gasteiger partial charge on any atom is -0.496 e. The van der Waals surface area contributed by atoms with Gasteiger partial charge in [0.05, 0.1) is 25.3 Å². The van der Waals surface area contributed by atoms with E-state index in [1.807, 2.05) is 52.0 Å². The highest BCUT2D eigenvalue weighted by atomic mass is 19.3. The van der Waals surface area contributed by atoms with Gasteiger partial charge in [-0.2, -0.15) is 0 Å². The van der Waals surface area contributed by atoms with Crippen LogP contribution in [0.3, 0.4) is 0 Å². The van der Waals surface area contributed by atoms with Crippen LogP contribution in [0.25, 0.3) is 10.9 Å². The molecule has 1 spiro atoms. The lowest BCUT2D eigenvalue weighted by Gasteiger charge is -2.55. The minimum atomic E-state index is -2.63. The summed E-state index contributed by atoms with van der Waals surface area (Å²) >= 11 is 0. The average molecular weight is 624 g/mol. The summed E-state index contributed by atoms with van der Waals surface area (Å²) in [6.07, 6.45) is 3.42. The van der Waals surface area contributed by atoms with Crippen LogP contribution in [0.5, 0.6) is 5.75 Å². The molecular weight excluding hydrogens is 580 g/mol. The zero-order valence-electron chi connectivity index (χ0n) is 27.0. The number of aromatic nitrogens is 1. The summed E-state index contributed by atoms with van der Waals surface area (Å²) in [5.41, 5.74) is 3.95. The van der Waals surface area contributed by atoms with Gasteiger partial charge in [-0.3, -0.25) is 9.47 Å². The molecule has 1 atom stereocenters. The molecule has 3 aliphatic rings. The molecule has 6 rings (SSSR count). The van der Waals surface area contributed by atoms with Crippen LogP contribution in [0.1, 0.15) is 86.0 Å². The van der Waals surface area contributed by atoms with Crippen molar-refractivity contribution in [2.45, 2.75) is 83.9 Å². The number of likely N-dealkylation sites (tertiary alicyclic amines) is 1. The minimum absolute atomic E-state index is 0.0968. The molecule has 242 valence electrons. The Hall–Kier alpha value is -3.66. The van der Waals surface area contributed by atoms with E-state index < -0.39 is 29.0 Å². The fraction of sp³-hybridized carbons (Fsp3) is 0.543. The summed E-state index contributed by atoms with van der Waals surface area (Å²) in [5.74, 6) is -2.32. The molecule has 2 aliphatic heterocycles. The molecule has 0 bridgehead atoms. The normalized spacial score (nSPS) is 20.9. The lowest BCUT2D eigenvalue weighted by molar-refractivity contribution is -0.186. The number of hydrogen-bond donors (Lipinski definition) is 0. The van der Waals surface area contributed by atoms with Crippen molar-refractivity contribution < 1.29 is 32.6 Å². The number of alkyl halides is 2. The van der Waals surface area contributed by atoms with Gasteiger partial charge in [-0.15, -0.1) is 0 Å². The number of hydrogen-bond acceptors (Lipinski definition) is 7. The number of anilines is 1. The molecule has 0 N–H and O–H groups in total. The molecule has 1 unspecified atom stereocenters. The third-order valence-electron chi connectivity index (χ3n) is 9.67. The van der Waals surface area contributed by atoms with Crippen molar-refractivity contribution in [2.24, 2.45) is 5.41 Å². The fourth-order valence-electron chi connectivity index (χ4n) is 7.52. The highest BCUT2D eigenvalue weighted by Crippen LogP contribution is 2.61. The lowest BCUT2D eigenvalue weighted by atomic mass is 9.58. The quantitative estimate of drug-likeness (QED) is 0.264. The van der Waals surface area contributed by atoms with Crippen molar-refractivity contribution in [1.82, 2.24) is 9.47 Å². The summed E-state index contributed by atoms with van der Waals surface area (Å²) in [4.78, 5) is 30.3. The van der Waals surface area contributed by atoms with Crippen LogP contribution in [0.15, 0.2) is 36.5 Å². The Kier molecular flexibility index (Phi) is 7.86. The van der Waals surface area contributed by atoms with E-state index in [2.05, 4.69) is 9.80 Å². The number of methoxy groups -OCH3 is 2. The first-order valence-electron chi connectivity index (χ1n) is 15.7. The van der Waals surface area contributed by atoms with E-state index in [0.29, 0.717) is 37.2 Å². The standard InChI is InChI=1S/C35H43F2N3O5/c1-22-16-29(43-5)26(24-10-14-40(30(22)24)32(42)45-33(2,3)4)19-39-15-11-34(20-35(36,37)21-34)18-28(39)25-9-8-23(31(41)44-6)17-27(25)38-12-7-13-38/h8-10,14,16-17,28H,7,11-13,15,18-21H2,1-6H3. The van der Waals surface area contributed by atoms with Gasteiger partial charge in [-0.1, -0.05) is 6.07 Å². The van der Waals surface area contributed by atoms with Crippen molar-refractivity contribution in [3.05, 3.63) is 58.8 Å². The van der Waals surface area contributed by atoms with Gasteiger partial charge in [0.1, 0.15) is 11.4 Å². The number of ether oxygens (including phenoxy) is 3. The van der Waals surface area contributed by atoms with E-state index in [4.69, 9.17) is 14.2 Å². The average Bonchev–Trinajstić information content (AvgIpc) is 3.38. The molecule has 8 nitrogen and oxygen atoms in total. The second-order valence-corrected chi connectivity index (χ2v) is 14.1. The third-order valence-corrected chi connectivity index (χ3v) is 9.67. The Morgan fingerprint density at radius 3 is 2.38 bits per heavy atom. The molecule has 3 heterocycles. The lowest BCUT2D eigenvalue weighted by Crippen LogP contribution is -2.53. The van der Waals surface area contributed by atoms with E-state index in [1.165, 1.54) is 7.11 Å². The molecule has 3 aromatic rings. The molecule has 0 amide bonds. The van der Waals surface area contributed by atoms with Gasteiger partial charge in [0, 0.05) is 61.4 Å². The summed E-state index contributed by atoms with van der Waals surface area (Å²) in [6.45, 7) is 10.3. The molecule has 1 saturated carbocycles. The van der Waals surface area contributed by atoms with Crippen LogP contribution in [0.2, 0.25) is 0 Å². The number of carbonyl (C=O) groups is 2. The largest absolute Gasteiger partial charge is 0.496 e. The van der Waals surface area contributed by atoms with Crippen LogP contribution in [0.4, 0.5) is 19.3 Å². The summed E-state index contributed by atoms with van der Waals surface area (Å²) in [7, 11) is 3.01. The third kappa shape index (κ3) is 5.89. The number of fused-ring (bicyclic) bond motifs is 1. The van der Waals surface area contributed by atoms with Crippen molar-refractivity contribution in [1.29, 1.82) is 0 Å². The Labute approximate surface area is 263 Å². The van der Waals surface area contributed by atoms with E-state index >= 15 is 0 Å². The second kappa shape index (κ2) is 11.3.